The molecule has 1 saturated heterocycles. The van der Waals surface area contributed by atoms with E-state index in [1.54, 1.807) is 0 Å². The Kier molecular flexibility index (Phi) is 5.40. The van der Waals surface area contributed by atoms with Crippen molar-refractivity contribution in [1.82, 2.24) is 14.8 Å². The van der Waals surface area contributed by atoms with Gasteiger partial charge in [0.15, 0.2) is 0 Å². The number of hydrogen-bond acceptors (Lipinski definition) is 4. The summed E-state index contributed by atoms with van der Waals surface area (Å²) in [6.07, 6.45) is 4.50. The Morgan fingerprint density at radius 2 is 2.09 bits per heavy atom. The van der Waals surface area contributed by atoms with Crippen LogP contribution in [-0.2, 0) is 11.3 Å². The van der Waals surface area contributed by atoms with Gasteiger partial charge in [-0.1, -0.05) is 0 Å². The van der Waals surface area contributed by atoms with E-state index < -0.39 is 5.60 Å². The third-order valence-electron chi connectivity index (χ3n) is 3.71. The fraction of sp³-hybridized carbons (Fsp3) is 0.647. The third-order valence-corrected chi connectivity index (χ3v) is 3.71. The summed E-state index contributed by atoms with van der Waals surface area (Å²) in [5.74, 6) is 0.513. The zero-order valence-electron chi connectivity index (χ0n) is 14.1. The van der Waals surface area contributed by atoms with Crippen molar-refractivity contribution in [3.63, 3.8) is 0 Å². The monoisotopic (exact) mass is 305 g/mol. The third kappa shape index (κ3) is 5.30. The maximum absolute atomic E-state index is 12.1. The van der Waals surface area contributed by atoms with Crippen molar-refractivity contribution in [2.75, 3.05) is 26.7 Å². The van der Waals surface area contributed by atoms with Crippen LogP contribution >= 0.6 is 0 Å². The Morgan fingerprint density at radius 1 is 1.41 bits per heavy atom. The molecule has 0 aromatic carbocycles. The quantitative estimate of drug-likeness (QED) is 0.858. The van der Waals surface area contributed by atoms with Gasteiger partial charge in [0.2, 0.25) is 0 Å². The Labute approximate surface area is 133 Å². The predicted molar refractivity (Wildman–Crippen MR) is 86.5 cm³/mol. The minimum atomic E-state index is -0.423. The molecule has 122 valence electrons. The lowest BCUT2D eigenvalue weighted by atomic mass is 10.1. The van der Waals surface area contributed by atoms with Gasteiger partial charge in [-0.25, -0.2) is 4.79 Å². The van der Waals surface area contributed by atoms with Crippen molar-refractivity contribution in [2.45, 2.75) is 39.3 Å². The van der Waals surface area contributed by atoms with Crippen LogP contribution in [0.15, 0.2) is 24.5 Å². The molecule has 1 amide bonds. The fourth-order valence-corrected chi connectivity index (χ4v) is 2.78. The molecule has 2 heterocycles. The standard InChI is InChI=1S/C17H27N3O2/c1-17(2,3)22-16(21)20-10-7-15(13-20)12-19(4)11-14-5-8-18-9-6-14/h5-6,8-9,15H,7,10-13H2,1-4H3. The molecule has 1 aromatic rings. The first-order valence-electron chi connectivity index (χ1n) is 7.89. The molecule has 1 aliphatic heterocycles. The summed E-state index contributed by atoms with van der Waals surface area (Å²) in [5, 5.41) is 0. The van der Waals surface area contributed by atoms with Gasteiger partial charge in [-0.15, -0.1) is 0 Å². The summed E-state index contributed by atoms with van der Waals surface area (Å²) >= 11 is 0. The average Bonchev–Trinajstić information content (AvgIpc) is 2.86. The highest BCUT2D eigenvalue weighted by Crippen LogP contribution is 2.20. The molecule has 22 heavy (non-hydrogen) atoms. The van der Waals surface area contributed by atoms with Crippen LogP contribution < -0.4 is 0 Å². The highest BCUT2D eigenvalue weighted by molar-refractivity contribution is 5.68. The Bertz CT molecular complexity index is 484. The average molecular weight is 305 g/mol. The van der Waals surface area contributed by atoms with E-state index in [0.717, 1.165) is 32.6 Å². The lowest BCUT2D eigenvalue weighted by Gasteiger charge is -2.25. The Morgan fingerprint density at radius 3 is 2.73 bits per heavy atom. The van der Waals surface area contributed by atoms with Gasteiger partial charge >= 0.3 is 6.09 Å². The van der Waals surface area contributed by atoms with E-state index >= 15 is 0 Å². The molecule has 1 fully saturated rings. The van der Waals surface area contributed by atoms with E-state index in [2.05, 4.69) is 16.9 Å². The molecule has 2 rings (SSSR count). The summed E-state index contributed by atoms with van der Waals surface area (Å²) in [4.78, 5) is 20.2. The van der Waals surface area contributed by atoms with Crippen molar-refractivity contribution in [3.8, 4) is 0 Å². The van der Waals surface area contributed by atoms with Gasteiger partial charge in [0.05, 0.1) is 0 Å². The van der Waals surface area contributed by atoms with Gasteiger partial charge in [0, 0.05) is 38.6 Å². The zero-order valence-corrected chi connectivity index (χ0v) is 14.1. The molecule has 5 heteroatoms. The topological polar surface area (TPSA) is 45.7 Å². The smallest absolute Gasteiger partial charge is 0.410 e. The van der Waals surface area contributed by atoms with Crippen molar-refractivity contribution >= 4 is 6.09 Å². The summed E-state index contributed by atoms with van der Waals surface area (Å²) < 4.78 is 5.44. The van der Waals surface area contributed by atoms with E-state index in [-0.39, 0.29) is 6.09 Å². The first-order valence-corrected chi connectivity index (χ1v) is 7.89. The zero-order chi connectivity index (χ0) is 16.2. The molecule has 0 aliphatic carbocycles. The maximum atomic E-state index is 12.1. The van der Waals surface area contributed by atoms with Crippen molar-refractivity contribution in [2.24, 2.45) is 5.92 Å². The number of rotatable bonds is 4. The maximum Gasteiger partial charge on any atom is 0.410 e. The second kappa shape index (κ2) is 7.09. The van der Waals surface area contributed by atoms with Crippen LogP contribution in [0.3, 0.4) is 0 Å². The number of pyridine rings is 1. The molecule has 1 aromatic heterocycles. The SMILES string of the molecule is CN(Cc1ccncc1)CC1CCN(C(=O)OC(C)(C)C)C1. The normalized spacial score (nSPS) is 18.8. The molecule has 1 unspecified atom stereocenters. The first-order chi connectivity index (χ1) is 10.3. The minimum absolute atomic E-state index is 0.188. The number of hydrogen-bond donors (Lipinski definition) is 0. The lowest BCUT2D eigenvalue weighted by molar-refractivity contribution is 0.0285. The number of aromatic nitrogens is 1. The fourth-order valence-electron chi connectivity index (χ4n) is 2.78. The van der Waals surface area contributed by atoms with Gasteiger partial charge in [0.1, 0.15) is 5.60 Å². The van der Waals surface area contributed by atoms with Gasteiger partial charge in [-0.05, 0) is 57.9 Å². The highest BCUT2D eigenvalue weighted by atomic mass is 16.6. The first kappa shape index (κ1) is 16.7. The number of carbonyl (C=O) groups is 1. The molecule has 0 N–H and O–H groups in total. The van der Waals surface area contributed by atoms with Crippen LogP contribution in [-0.4, -0.2) is 53.2 Å². The van der Waals surface area contributed by atoms with Crippen LogP contribution in [0.1, 0.15) is 32.8 Å². The van der Waals surface area contributed by atoms with Crippen LogP contribution in [0.25, 0.3) is 0 Å². The number of amides is 1. The van der Waals surface area contributed by atoms with Crippen molar-refractivity contribution in [3.05, 3.63) is 30.1 Å². The van der Waals surface area contributed by atoms with E-state index in [1.165, 1.54) is 5.56 Å². The van der Waals surface area contributed by atoms with Crippen molar-refractivity contribution < 1.29 is 9.53 Å². The summed E-state index contributed by atoms with van der Waals surface area (Å²) in [5.41, 5.74) is 0.840. The predicted octanol–water partition coefficient (Wildman–Crippen LogP) is 2.77. The summed E-state index contributed by atoms with van der Waals surface area (Å²) in [6, 6.07) is 4.08. The molecule has 0 bridgehead atoms. The minimum Gasteiger partial charge on any atom is -0.444 e. The molecule has 1 aliphatic rings. The lowest BCUT2D eigenvalue weighted by Crippen LogP contribution is -2.36. The highest BCUT2D eigenvalue weighted by Gasteiger charge is 2.30. The molecular formula is C17H27N3O2. The second-order valence-electron chi connectivity index (χ2n) is 7.13. The van der Waals surface area contributed by atoms with Gasteiger partial charge in [0.25, 0.3) is 0 Å². The van der Waals surface area contributed by atoms with Crippen LogP contribution in [0.2, 0.25) is 0 Å². The number of carbonyl (C=O) groups excluding carboxylic acids is 1. The van der Waals surface area contributed by atoms with Crippen molar-refractivity contribution in [1.29, 1.82) is 0 Å². The molecule has 0 saturated carbocycles. The molecule has 5 nitrogen and oxygen atoms in total. The number of nitrogens with zero attached hydrogens (tertiary/aromatic N) is 3. The van der Waals surface area contributed by atoms with Crippen LogP contribution in [0.4, 0.5) is 4.79 Å². The largest absolute Gasteiger partial charge is 0.444 e. The van der Waals surface area contributed by atoms with Crippen LogP contribution in [0.5, 0.6) is 0 Å². The van der Waals surface area contributed by atoms with Crippen LogP contribution in [0, 0.1) is 5.92 Å². The van der Waals surface area contributed by atoms with E-state index in [0.29, 0.717) is 5.92 Å². The number of ether oxygens (including phenoxy) is 1. The van der Waals surface area contributed by atoms with Gasteiger partial charge in [-0.3, -0.25) is 4.98 Å². The van der Waals surface area contributed by atoms with E-state index in [1.807, 2.05) is 50.2 Å². The molecule has 1 atom stereocenters. The van der Waals surface area contributed by atoms with E-state index in [4.69, 9.17) is 4.74 Å². The Hall–Kier alpha value is -1.62. The van der Waals surface area contributed by atoms with Gasteiger partial charge in [-0.2, -0.15) is 0 Å². The molecule has 0 radical (unpaired) electrons. The Balaban J connectivity index is 1.77. The molecule has 0 spiro atoms. The van der Waals surface area contributed by atoms with E-state index in [9.17, 15) is 4.79 Å². The second-order valence-corrected chi connectivity index (χ2v) is 7.13. The summed E-state index contributed by atoms with van der Waals surface area (Å²) in [7, 11) is 2.12. The molecular weight excluding hydrogens is 278 g/mol. The number of likely N-dealkylation sites (tertiary alicyclic amines) is 1. The summed E-state index contributed by atoms with van der Waals surface area (Å²) in [6.45, 7) is 9.19. The van der Waals surface area contributed by atoms with Gasteiger partial charge < -0.3 is 14.5 Å².